The predicted molar refractivity (Wildman–Crippen MR) is 102 cm³/mol. The molecule has 26 heavy (non-hydrogen) atoms. The van der Waals surface area contributed by atoms with E-state index in [1.807, 2.05) is 36.1 Å². The summed E-state index contributed by atoms with van der Waals surface area (Å²) in [5.41, 5.74) is 2.04. The van der Waals surface area contributed by atoms with Crippen molar-refractivity contribution < 1.29 is 14.3 Å². The average molecular weight is 356 g/mol. The molecule has 0 aliphatic carbocycles. The molecule has 2 saturated heterocycles. The predicted octanol–water partition coefficient (Wildman–Crippen LogP) is 2.79. The Kier molecular flexibility index (Phi) is 6.09. The molecule has 0 aromatic heterocycles. The van der Waals surface area contributed by atoms with Crippen LogP contribution in [0.3, 0.4) is 0 Å². The van der Waals surface area contributed by atoms with Crippen molar-refractivity contribution in [3.05, 3.63) is 42.5 Å². The first-order chi connectivity index (χ1) is 12.6. The van der Waals surface area contributed by atoms with E-state index < -0.39 is 0 Å². The zero-order chi connectivity index (χ0) is 18.5. The van der Waals surface area contributed by atoms with Gasteiger partial charge in [0.2, 0.25) is 11.8 Å². The normalized spacial score (nSPS) is 21.3. The van der Waals surface area contributed by atoms with Crippen molar-refractivity contribution >= 4 is 17.5 Å². The molecule has 1 atom stereocenters. The number of rotatable bonds is 6. The number of carbonyl (C=O) groups is 2. The highest BCUT2D eigenvalue weighted by atomic mass is 16.5. The number of ether oxygens (including phenoxy) is 1. The Balaban J connectivity index is 1.52. The van der Waals surface area contributed by atoms with Gasteiger partial charge in [-0.25, -0.2) is 0 Å². The molecule has 2 amide bonds. The van der Waals surface area contributed by atoms with E-state index in [1.54, 1.807) is 11.0 Å². The van der Waals surface area contributed by atoms with Crippen LogP contribution in [0.25, 0.3) is 0 Å². The van der Waals surface area contributed by atoms with E-state index in [0.717, 1.165) is 43.8 Å². The van der Waals surface area contributed by atoms with Crippen LogP contribution in [-0.2, 0) is 14.3 Å². The van der Waals surface area contributed by atoms with Gasteiger partial charge in [-0.05, 0) is 37.8 Å². The fourth-order valence-electron chi connectivity index (χ4n) is 3.74. The summed E-state index contributed by atoms with van der Waals surface area (Å²) in [6.07, 6.45) is 4.00. The maximum atomic E-state index is 12.8. The van der Waals surface area contributed by atoms with Crippen molar-refractivity contribution in [2.45, 2.75) is 26.2 Å². The van der Waals surface area contributed by atoms with Gasteiger partial charge in [-0.1, -0.05) is 23.8 Å². The molecule has 140 valence electrons. The maximum absolute atomic E-state index is 12.8. The third-order valence-electron chi connectivity index (χ3n) is 5.34. The van der Waals surface area contributed by atoms with E-state index in [9.17, 15) is 9.59 Å². The molecule has 2 aliphatic heterocycles. The molecule has 2 fully saturated rings. The Labute approximate surface area is 155 Å². The number of likely N-dealkylation sites (tertiary alicyclic amines) is 1. The van der Waals surface area contributed by atoms with Crippen LogP contribution in [0.4, 0.5) is 5.69 Å². The molecule has 5 heteroatoms. The van der Waals surface area contributed by atoms with Crippen LogP contribution in [0.1, 0.15) is 24.8 Å². The van der Waals surface area contributed by atoms with E-state index in [0.29, 0.717) is 25.5 Å². The second-order valence-electron chi connectivity index (χ2n) is 7.34. The second-order valence-corrected chi connectivity index (χ2v) is 7.34. The van der Waals surface area contributed by atoms with Gasteiger partial charge in [0.15, 0.2) is 0 Å². The number of carbonyl (C=O) groups excluding carboxylic acids is 2. The molecule has 0 spiro atoms. The van der Waals surface area contributed by atoms with Gasteiger partial charge in [0.25, 0.3) is 0 Å². The van der Waals surface area contributed by atoms with Crippen molar-refractivity contribution in [2.75, 3.05) is 37.7 Å². The summed E-state index contributed by atoms with van der Waals surface area (Å²) >= 11 is 0. The Hall–Kier alpha value is -2.14. The van der Waals surface area contributed by atoms with Crippen molar-refractivity contribution in [1.29, 1.82) is 0 Å². The van der Waals surface area contributed by atoms with Crippen molar-refractivity contribution in [3.63, 3.8) is 0 Å². The zero-order valence-corrected chi connectivity index (χ0v) is 15.5. The van der Waals surface area contributed by atoms with Crippen LogP contribution in [0.5, 0.6) is 0 Å². The average Bonchev–Trinajstić information content (AvgIpc) is 3.04. The quantitative estimate of drug-likeness (QED) is 0.582. The number of aryl methyl sites for hydroxylation is 1. The maximum Gasteiger partial charge on any atom is 0.228 e. The third kappa shape index (κ3) is 4.33. The van der Waals surface area contributed by atoms with Crippen LogP contribution in [0.2, 0.25) is 0 Å². The summed E-state index contributed by atoms with van der Waals surface area (Å²) in [6.45, 7) is 9.00. The lowest BCUT2D eigenvalue weighted by Crippen LogP contribution is -2.43. The fraction of sp³-hybridized carbons (Fsp3) is 0.524. The molecule has 0 saturated carbocycles. The number of anilines is 1. The van der Waals surface area contributed by atoms with Gasteiger partial charge in [-0.15, -0.1) is 6.58 Å². The lowest BCUT2D eigenvalue weighted by Gasteiger charge is -2.33. The molecule has 0 N–H and O–H groups in total. The lowest BCUT2D eigenvalue weighted by atomic mass is 9.96. The molecular weight excluding hydrogens is 328 g/mol. The van der Waals surface area contributed by atoms with Crippen molar-refractivity contribution in [2.24, 2.45) is 11.8 Å². The number of piperidine rings is 1. The molecule has 1 aromatic carbocycles. The van der Waals surface area contributed by atoms with E-state index in [4.69, 9.17) is 4.74 Å². The van der Waals surface area contributed by atoms with Gasteiger partial charge in [0.05, 0.1) is 12.5 Å². The van der Waals surface area contributed by atoms with Crippen molar-refractivity contribution in [3.8, 4) is 0 Å². The molecule has 2 heterocycles. The second kappa shape index (κ2) is 8.49. The van der Waals surface area contributed by atoms with E-state index in [-0.39, 0.29) is 17.7 Å². The molecular formula is C21H28N2O3. The van der Waals surface area contributed by atoms with Gasteiger partial charge >= 0.3 is 0 Å². The minimum Gasteiger partial charge on any atom is -0.377 e. The first-order valence-corrected chi connectivity index (χ1v) is 9.43. The van der Waals surface area contributed by atoms with Crippen LogP contribution >= 0.6 is 0 Å². The minimum absolute atomic E-state index is 0.0416. The molecule has 1 aromatic rings. The van der Waals surface area contributed by atoms with Crippen LogP contribution < -0.4 is 4.90 Å². The van der Waals surface area contributed by atoms with Crippen molar-refractivity contribution in [1.82, 2.24) is 4.90 Å². The number of nitrogens with zero attached hydrogens (tertiary/aromatic N) is 2. The summed E-state index contributed by atoms with van der Waals surface area (Å²) in [6, 6.07) is 7.90. The summed E-state index contributed by atoms with van der Waals surface area (Å²) in [5, 5.41) is 0. The summed E-state index contributed by atoms with van der Waals surface area (Å²) in [5.74, 6) is 0.448. The largest absolute Gasteiger partial charge is 0.377 e. The number of hydrogen-bond acceptors (Lipinski definition) is 3. The summed E-state index contributed by atoms with van der Waals surface area (Å²) in [4.78, 5) is 28.9. The van der Waals surface area contributed by atoms with Gasteiger partial charge in [-0.3, -0.25) is 9.59 Å². The first kappa shape index (κ1) is 18.6. The smallest absolute Gasteiger partial charge is 0.228 e. The van der Waals surface area contributed by atoms with Crippen LogP contribution in [0.15, 0.2) is 36.9 Å². The fourth-order valence-corrected chi connectivity index (χ4v) is 3.74. The van der Waals surface area contributed by atoms with Gasteiger partial charge in [0.1, 0.15) is 0 Å². The third-order valence-corrected chi connectivity index (χ3v) is 5.34. The number of benzene rings is 1. The Morgan fingerprint density at radius 1 is 1.27 bits per heavy atom. The van der Waals surface area contributed by atoms with Crippen LogP contribution in [0, 0.1) is 18.8 Å². The van der Waals surface area contributed by atoms with Crippen LogP contribution in [-0.4, -0.2) is 49.6 Å². The number of amides is 2. The van der Waals surface area contributed by atoms with E-state index in [2.05, 4.69) is 6.58 Å². The highest BCUT2D eigenvalue weighted by molar-refractivity contribution is 6.00. The number of hydrogen-bond donors (Lipinski definition) is 0. The molecule has 1 unspecified atom stereocenters. The van der Waals surface area contributed by atoms with E-state index >= 15 is 0 Å². The minimum atomic E-state index is -0.225. The Morgan fingerprint density at radius 3 is 2.62 bits per heavy atom. The Morgan fingerprint density at radius 2 is 1.96 bits per heavy atom. The highest BCUT2D eigenvalue weighted by Crippen LogP contribution is 2.28. The highest BCUT2D eigenvalue weighted by Gasteiger charge is 2.38. The van der Waals surface area contributed by atoms with Gasteiger partial charge in [0, 0.05) is 38.3 Å². The molecule has 0 bridgehead atoms. The summed E-state index contributed by atoms with van der Waals surface area (Å²) < 4.78 is 5.53. The Bertz CT molecular complexity index is 648. The SMILES string of the molecule is C=CCOCC1CCN(C(=O)C2CC(=O)N(c3ccc(C)cc3)C2)CC1. The molecule has 3 rings (SSSR count). The molecule has 0 radical (unpaired) electrons. The first-order valence-electron chi connectivity index (χ1n) is 9.43. The summed E-state index contributed by atoms with van der Waals surface area (Å²) in [7, 11) is 0. The van der Waals surface area contributed by atoms with Gasteiger partial charge in [-0.2, -0.15) is 0 Å². The standard InChI is InChI=1S/C21H28N2O3/c1-3-12-26-15-17-8-10-22(11-9-17)21(25)18-13-20(24)23(14-18)19-6-4-16(2)5-7-19/h3-7,17-18H,1,8-15H2,2H3. The monoisotopic (exact) mass is 356 g/mol. The lowest BCUT2D eigenvalue weighted by molar-refractivity contribution is -0.137. The van der Waals surface area contributed by atoms with Gasteiger partial charge < -0.3 is 14.5 Å². The molecule has 2 aliphatic rings. The van der Waals surface area contributed by atoms with E-state index in [1.165, 1.54) is 0 Å². The molecule has 5 nitrogen and oxygen atoms in total. The topological polar surface area (TPSA) is 49.9 Å². The zero-order valence-electron chi connectivity index (χ0n) is 15.5.